The molecule has 2 N–H and O–H groups in total. The maximum absolute atomic E-state index is 13.1. The minimum absolute atomic E-state index is 0. The third-order valence-corrected chi connectivity index (χ3v) is 5.42. The van der Waals surface area contributed by atoms with Crippen molar-refractivity contribution in [2.24, 2.45) is 5.41 Å². The number of carbonyl (C=O) groups is 1. The molecule has 1 aliphatic heterocycles. The van der Waals surface area contributed by atoms with Gasteiger partial charge in [0.05, 0.1) is 16.8 Å². The second kappa shape index (κ2) is 10.0. The lowest BCUT2D eigenvalue weighted by atomic mass is 9.81. The summed E-state index contributed by atoms with van der Waals surface area (Å²) >= 11 is 0. The van der Waals surface area contributed by atoms with Gasteiger partial charge in [-0.1, -0.05) is 25.1 Å². The summed E-state index contributed by atoms with van der Waals surface area (Å²) in [6, 6.07) is 13.5. The molecule has 0 aliphatic carbocycles. The van der Waals surface area contributed by atoms with E-state index in [-0.39, 0.29) is 36.1 Å². The first-order valence-electron chi connectivity index (χ1n) is 9.44. The van der Waals surface area contributed by atoms with Crippen LogP contribution in [0.3, 0.4) is 0 Å². The van der Waals surface area contributed by atoms with E-state index in [0.717, 1.165) is 48.1 Å². The van der Waals surface area contributed by atoms with E-state index in [1.807, 2.05) is 42.5 Å². The van der Waals surface area contributed by atoms with E-state index in [0.29, 0.717) is 12.1 Å². The second-order valence-corrected chi connectivity index (χ2v) is 7.55. The lowest BCUT2D eigenvalue weighted by molar-refractivity contribution is 0.0924. The van der Waals surface area contributed by atoms with Crippen LogP contribution in [0.15, 0.2) is 54.9 Å². The van der Waals surface area contributed by atoms with Crippen molar-refractivity contribution in [1.29, 1.82) is 0 Å². The van der Waals surface area contributed by atoms with Gasteiger partial charge in [-0.3, -0.25) is 9.78 Å². The monoisotopic (exact) mass is 432 g/mol. The van der Waals surface area contributed by atoms with Crippen LogP contribution in [0.4, 0.5) is 0 Å². The summed E-state index contributed by atoms with van der Waals surface area (Å²) in [6.45, 7) is 4.96. The molecule has 5 nitrogen and oxygen atoms in total. The highest BCUT2D eigenvalue weighted by Gasteiger charge is 2.27. The average Bonchev–Trinajstić information content (AvgIpc) is 2.72. The number of carbonyl (C=O) groups excluding carboxylic acids is 1. The first kappa shape index (κ1) is 23.1. The van der Waals surface area contributed by atoms with Crippen LogP contribution in [0, 0.1) is 5.41 Å². The number of hydrogen-bond acceptors (Lipinski definition) is 4. The minimum atomic E-state index is -0.0383. The highest BCUT2D eigenvalue weighted by molar-refractivity contribution is 6.07. The second-order valence-electron chi connectivity index (χ2n) is 7.55. The molecule has 1 fully saturated rings. The Hall–Kier alpha value is -2.21. The van der Waals surface area contributed by atoms with Crippen molar-refractivity contribution >= 4 is 41.6 Å². The van der Waals surface area contributed by atoms with Gasteiger partial charge in [-0.25, -0.2) is 4.98 Å². The molecule has 0 unspecified atom stereocenters. The largest absolute Gasteiger partial charge is 0.351 e. The minimum Gasteiger partial charge on any atom is -0.351 e. The number of amides is 1. The SMILES string of the molecule is CC1(CNC(=O)c2cc(-c3ccncc3)nc3ccccc23)CCNCC1.Cl.Cl. The van der Waals surface area contributed by atoms with Crippen LogP contribution in [0.25, 0.3) is 22.2 Å². The summed E-state index contributed by atoms with van der Waals surface area (Å²) in [5, 5.41) is 7.43. The normalized spacial score (nSPS) is 15.1. The van der Waals surface area contributed by atoms with Gasteiger partial charge in [0, 0.05) is 29.9 Å². The lowest BCUT2D eigenvalue weighted by Crippen LogP contribution is -2.42. The quantitative estimate of drug-likeness (QED) is 0.645. The fourth-order valence-electron chi connectivity index (χ4n) is 3.63. The Morgan fingerprint density at radius 1 is 1.10 bits per heavy atom. The number of nitrogens with one attached hydrogen (secondary N) is 2. The number of hydrogen-bond donors (Lipinski definition) is 2. The molecule has 0 bridgehead atoms. The Kier molecular flexibility index (Phi) is 7.96. The zero-order valence-corrected chi connectivity index (χ0v) is 18.0. The Bertz CT molecular complexity index is 959. The Morgan fingerprint density at radius 3 is 2.52 bits per heavy atom. The molecule has 0 spiro atoms. The summed E-state index contributed by atoms with van der Waals surface area (Å²) in [7, 11) is 0. The molecule has 29 heavy (non-hydrogen) atoms. The van der Waals surface area contributed by atoms with Crippen molar-refractivity contribution in [1.82, 2.24) is 20.6 Å². The molecular weight excluding hydrogens is 407 g/mol. The van der Waals surface area contributed by atoms with Crippen molar-refractivity contribution in [3.63, 3.8) is 0 Å². The van der Waals surface area contributed by atoms with Crippen molar-refractivity contribution in [3.8, 4) is 11.3 Å². The molecule has 2 aromatic heterocycles. The highest BCUT2D eigenvalue weighted by atomic mass is 35.5. The van der Waals surface area contributed by atoms with Crippen LogP contribution in [0.5, 0.6) is 0 Å². The van der Waals surface area contributed by atoms with Crippen LogP contribution in [-0.2, 0) is 0 Å². The maximum atomic E-state index is 13.1. The molecular formula is C22H26Cl2N4O. The number of piperidine rings is 1. The predicted octanol–water partition coefficient (Wildman–Crippen LogP) is 4.26. The smallest absolute Gasteiger partial charge is 0.252 e. The number of para-hydroxylation sites is 1. The van der Waals surface area contributed by atoms with Crippen molar-refractivity contribution < 1.29 is 4.79 Å². The van der Waals surface area contributed by atoms with Crippen molar-refractivity contribution in [2.45, 2.75) is 19.8 Å². The van der Waals surface area contributed by atoms with Gasteiger partial charge in [0.2, 0.25) is 0 Å². The highest BCUT2D eigenvalue weighted by Crippen LogP contribution is 2.28. The van der Waals surface area contributed by atoms with Gasteiger partial charge in [-0.15, -0.1) is 24.8 Å². The molecule has 3 heterocycles. The van der Waals surface area contributed by atoms with Gasteiger partial charge in [0.15, 0.2) is 0 Å². The van der Waals surface area contributed by atoms with Crippen LogP contribution < -0.4 is 10.6 Å². The average molecular weight is 433 g/mol. The summed E-state index contributed by atoms with van der Waals surface area (Å²) in [6.07, 6.45) is 5.63. The molecule has 154 valence electrons. The molecule has 1 aromatic carbocycles. The number of fused-ring (bicyclic) bond motifs is 1. The summed E-state index contributed by atoms with van der Waals surface area (Å²) < 4.78 is 0. The third kappa shape index (κ3) is 5.24. The van der Waals surface area contributed by atoms with E-state index >= 15 is 0 Å². The zero-order chi connectivity index (χ0) is 18.7. The number of rotatable bonds is 4. The Morgan fingerprint density at radius 2 is 1.79 bits per heavy atom. The maximum Gasteiger partial charge on any atom is 0.252 e. The molecule has 4 rings (SSSR count). The Labute approximate surface area is 183 Å². The van der Waals surface area contributed by atoms with E-state index in [9.17, 15) is 4.79 Å². The van der Waals surface area contributed by atoms with Gasteiger partial charge in [-0.05, 0) is 55.6 Å². The van der Waals surface area contributed by atoms with Crippen LogP contribution >= 0.6 is 24.8 Å². The van der Waals surface area contributed by atoms with Gasteiger partial charge >= 0.3 is 0 Å². The molecule has 0 saturated carbocycles. The summed E-state index contributed by atoms with van der Waals surface area (Å²) in [5.41, 5.74) is 3.39. The molecule has 0 radical (unpaired) electrons. The van der Waals surface area contributed by atoms with E-state index in [4.69, 9.17) is 4.98 Å². The van der Waals surface area contributed by atoms with Crippen molar-refractivity contribution in [3.05, 3.63) is 60.4 Å². The van der Waals surface area contributed by atoms with Crippen LogP contribution in [-0.4, -0.2) is 35.5 Å². The molecule has 1 saturated heterocycles. The summed E-state index contributed by atoms with van der Waals surface area (Å²) in [4.78, 5) is 21.9. The van der Waals surface area contributed by atoms with Gasteiger partial charge in [0.25, 0.3) is 5.91 Å². The molecule has 0 atom stereocenters. The third-order valence-electron chi connectivity index (χ3n) is 5.42. The molecule has 1 amide bonds. The molecule has 3 aromatic rings. The van der Waals surface area contributed by atoms with Crippen LogP contribution in [0.1, 0.15) is 30.1 Å². The van der Waals surface area contributed by atoms with Gasteiger partial charge in [-0.2, -0.15) is 0 Å². The first-order valence-corrected chi connectivity index (χ1v) is 9.44. The zero-order valence-electron chi connectivity index (χ0n) is 16.4. The number of aromatic nitrogens is 2. The Balaban J connectivity index is 0.00000150. The van der Waals surface area contributed by atoms with Gasteiger partial charge < -0.3 is 10.6 Å². The molecule has 7 heteroatoms. The fraction of sp³-hybridized carbons (Fsp3) is 0.318. The topological polar surface area (TPSA) is 66.9 Å². The lowest BCUT2D eigenvalue weighted by Gasteiger charge is -2.34. The van der Waals surface area contributed by atoms with Crippen LogP contribution in [0.2, 0.25) is 0 Å². The first-order chi connectivity index (χ1) is 13.1. The fourth-order valence-corrected chi connectivity index (χ4v) is 3.63. The number of nitrogens with zero attached hydrogens (tertiary/aromatic N) is 2. The van der Waals surface area contributed by atoms with Gasteiger partial charge in [0.1, 0.15) is 0 Å². The standard InChI is InChI=1S/C22H24N4O.2ClH/c1-22(8-12-24-13-9-22)15-25-21(27)18-14-20(16-6-10-23-11-7-16)26-19-5-3-2-4-17(18)19;;/h2-7,10-11,14,24H,8-9,12-13,15H2,1H3,(H,25,27);2*1H. The van der Waals surface area contributed by atoms with E-state index in [1.54, 1.807) is 12.4 Å². The van der Waals surface area contributed by atoms with Crippen molar-refractivity contribution in [2.75, 3.05) is 19.6 Å². The molecule has 1 aliphatic rings. The van der Waals surface area contributed by atoms with E-state index in [1.165, 1.54) is 0 Å². The summed E-state index contributed by atoms with van der Waals surface area (Å²) in [5.74, 6) is -0.0383. The van der Waals surface area contributed by atoms with E-state index < -0.39 is 0 Å². The number of pyridine rings is 2. The number of halogens is 2. The number of benzene rings is 1. The van der Waals surface area contributed by atoms with E-state index in [2.05, 4.69) is 22.5 Å². The predicted molar refractivity (Wildman–Crippen MR) is 122 cm³/mol.